The molecule has 0 saturated carbocycles. The molecule has 2 aromatic carbocycles. The number of aldehydes is 1. The third kappa shape index (κ3) is 3.17. The van der Waals surface area contributed by atoms with Crippen molar-refractivity contribution in [2.75, 3.05) is 0 Å². The topological polar surface area (TPSA) is 115 Å². The first-order chi connectivity index (χ1) is 11.3. The number of carbonyl (C=O) groups excluding carboxylic acids is 2. The van der Waals surface area contributed by atoms with Gasteiger partial charge < -0.3 is 20.4 Å². The Bertz CT molecular complexity index is 796. The zero-order valence-electron chi connectivity index (χ0n) is 13.2. The second-order valence-corrected chi connectivity index (χ2v) is 5.71. The van der Waals surface area contributed by atoms with Gasteiger partial charge in [0.2, 0.25) is 0 Å². The van der Waals surface area contributed by atoms with Gasteiger partial charge in [-0.1, -0.05) is 13.0 Å². The number of benzene rings is 2. The maximum absolute atomic E-state index is 11.9. The van der Waals surface area contributed by atoms with Gasteiger partial charge in [0.25, 0.3) is 0 Å². The Hall–Kier alpha value is -3.02. The molecule has 126 valence electrons. The van der Waals surface area contributed by atoms with Crippen LogP contribution in [0.25, 0.3) is 0 Å². The van der Waals surface area contributed by atoms with Crippen LogP contribution in [-0.2, 0) is 4.79 Å². The van der Waals surface area contributed by atoms with E-state index in [-0.39, 0.29) is 22.8 Å². The molecular formula is C18H18O6. The van der Waals surface area contributed by atoms with Crippen molar-refractivity contribution in [2.24, 2.45) is 5.92 Å². The van der Waals surface area contributed by atoms with E-state index >= 15 is 0 Å². The molecule has 0 spiro atoms. The highest BCUT2D eigenvalue weighted by atomic mass is 16.3. The standard InChI is InChI=1S/C18H18O6/c1-9(10(2)20)18(11-3-4-14(21)15(22)5-11)13-7-17(24)16(23)6-12(13)8-19/h3-9,18,21-24H,1-2H3/t9-,18-/m0/s1. The Morgan fingerprint density at radius 3 is 2.08 bits per heavy atom. The summed E-state index contributed by atoms with van der Waals surface area (Å²) < 4.78 is 0. The number of carbonyl (C=O) groups is 2. The Kier molecular flexibility index (Phi) is 4.78. The Morgan fingerprint density at radius 1 is 0.958 bits per heavy atom. The molecule has 0 heterocycles. The molecule has 0 radical (unpaired) electrons. The monoisotopic (exact) mass is 330 g/mol. The van der Waals surface area contributed by atoms with E-state index in [0.29, 0.717) is 17.4 Å². The Morgan fingerprint density at radius 2 is 1.54 bits per heavy atom. The SMILES string of the molecule is CC(=O)[C@H](C)[C@@H](c1ccc(O)c(O)c1)c1cc(O)c(O)cc1C=O. The predicted molar refractivity (Wildman–Crippen MR) is 86.6 cm³/mol. The summed E-state index contributed by atoms with van der Waals surface area (Å²) in [5.41, 5.74) is 0.949. The Balaban J connectivity index is 2.72. The van der Waals surface area contributed by atoms with Crippen LogP contribution in [0.15, 0.2) is 30.3 Å². The maximum atomic E-state index is 11.9. The third-order valence-corrected chi connectivity index (χ3v) is 4.14. The van der Waals surface area contributed by atoms with E-state index in [9.17, 15) is 30.0 Å². The fraction of sp³-hybridized carbons (Fsp3) is 0.222. The third-order valence-electron chi connectivity index (χ3n) is 4.14. The molecule has 0 amide bonds. The van der Waals surface area contributed by atoms with Gasteiger partial charge in [-0.05, 0) is 42.3 Å². The predicted octanol–water partition coefficient (Wildman–Crippen LogP) is 2.68. The van der Waals surface area contributed by atoms with Crippen LogP contribution >= 0.6 is 0 Å². The molecule has 6 heteroatoms. The molecule has 0 aliphatic rings. The molecule has 2 rings (SSSR count). The molecule has 0 aromatic heterocycles. The number of ketones is 1. The maximum Gasteiger partial charge on any atom is 0.158 e. The molecule has 0 aliphatic heterocycles. The van der Waals surface area contributed by atoms with Gasteiger partial charge in [-0.15, -0.1) is 0 Å². The zero-order valence-corrected chi connectivity index (χ0v) is 13.2. The average Bonchev–Trinajstić information content (AvgIpc) is 2.53. The van der Waals surface area contributed by atoms with Crippen LogP contribution < -0.4 is 0 Å². The first-order valence-electron chi connectivity index (χ1n) is 7.29. The first-order valence-corrected chi connectivity index (χ1v) is 7.29. The quantitative estimate of drug-likeness (QED) is 0.495. The van der Waals surface area contributed by atoms with Crippen LogP contribution in [0.3, 0.4) is 0 Å². The van der Waals surface area contributed by atoms with Crippen molar-refractivity contribution in [2.45, 2.75) is 19.8 Å². The molecule has 2 aromatic rings. The fourth-order valence-corrected chi connectivity index (χ4v) is 2.69. The van der Waals surface area contributed by atoms with E-state index < -0.39 is 23.3 Å². The molecule has 6 nitrogen and oxygen atoms in total. The number of rotatable bonds is 5. The van der Waals surface area contributed by atoms with Crippen LogP contribution in [0.2, 0.25) is 0 Å². The summed E-state index contributed by atoms with van der Waals surface area (Å²) in [4.78, 5) is 23.3. The highest BCUT2D eigenvalue weighted by molar-refractivity contribution is 5.83. The summed E-state index contributed by atoms with van der Waals surface area (Å²) in [6, 6.07) is 6.46. The van der Waals surface area contributed by atoms with E-state index in [4.69, 9.17) is 0 Å². The van der Waals surface area contributed by atoms with E-state index in [1.165, 1.54) is 31.2 Å². The second kappa shape index (κ2) is 6.62. The fourth-order valence-electron chi connectivity index (χ4n) is 2.69. The molecule has 4 N–H and O–H groups in total. The number of phenolic OH excluding ortho intramolecular Hbond substituents is 4. The molecule has 0 aliphatic carbocycles. The zero-order chi connectivity index (χ0) is 18.0. The summed E-state index contributed by atoms with van der Waals surface area (Å²) in [6.45, 7) is 3.06. The van der Waals surface area contributed by atoms with Gasteiger partial charge in [-0.25, -0.2) is 0 Å². The van der Waals surface area contributed by atoms with Gasteiger partial charge in [0, 0.05) is 17.4 Å². The highest BCUT2D eigenvalue weighted by Crippen LogP contribution is 2.40. The van der Waals surface area contributed by atoms with E-state index in [0.717, 1.165) is 6.07 Å². The van der Waals surface area contributed by atoms with Crippen molar-refractivity contribution < 1.29 is 30.0 Å². The molecule has 0 fully saturated rings. The molecular weight excluding hydrogens is 312 g/mol. The molecule has 0 unspecified atom stereocenters. The Labute approximate surface area is 138 Å². The second-order valence-electron chi connectivity index (χ2n) is 5.71. The summed E-state index contributed by atoms with van der Waals surface area (Å²) in [6.07, 6.45) is 0.522. The molecule has 0 saturated heterocycles. The minimum Gasteiger partial charge on any atom is -0.504 e. The van der Waals surface area contributed by atoms with Gasteiger partial charge in [-0.3, -0.25) is 9.59 Å². The normalized spacial score (nSPS) is 13.2. The average molecular weight is 330 g/mol. The minimum absolute atomic E-state index is 0.121. The summed E-state index contributed by atoms with van der Waals surface area (Å²) in [5.74, 6) is -2.90. The van der Waals surface area contributed by atoms with Crippen LogP contribution in [0.1, 0.15) is 41.3 Å². The smallest absolute Gasteiger partial charge is 0.158 e. The van der Waals surface area contributed by atoms with Gasteiger partial charge in [0.1, 0.15) is 12.1 Å². The van der Waals surface area contributed by atoms with E-state index in [1.54, 1.807) is 6.92 Å². The van der Waals surface area contributed by atoms with Crippen LogP contribution in [-0.4, -0.2) is 32.5 Å². The lowest BCUT2D eigenvalue weighted by Crippen LogP contribution is -2.19. The lowest BCUT2D eigenvalue weighted by Gasteiger charge is -2.25. The largest absolute Gasteiger partial charge is 0.504 e. The molecule has 2 atom stereocenters. The highest BCUT2D eigenvalue weighted by Gasteiger charge is 2.28. The number of hydrogen-bond donors (Lipinski definition) is 4. The van der Waals surface area contributed by atoms with Gasteiger partial charge in [-0.2, -0.15) is 0 Å². The molecule has 0 bridgehead atoms. The van der Waals surface area contributed by atoms with Crippen LogP contribution in [0.5, 0.6) is 23.0 Å². The minimum atomic E-state index is -0.652. The van der Waals surface area contributed by atoms with Gasteiger partial charge in [0.05, 0.1) is 0 Å². The van der Waals surface area contributed by atoms with Crippen molar-refractivity contribution in [1.29, 1.82) is 0 Å². The van der Waals surface area contributed by atoms with E-state index in [1.807, 2.05) is 0 Å². The van der Waals surface area contributed by atoms with Crippen molar-refractivity contribution in [3.05, 3.63) is 47.0 Å². The van der Waals surface area contributed by atoms with Crippen molar-refractivity contribution in [3.63, 3.8) is 0 Å². The van der Waals surface area contributed by atoms with Crippen LogP contribution in [0.4, 0.5) is 0 Å². The lowest BCUT2D eigenvalue weighted by atomic mass is 9.78. The first kappa shape index (κ1) is 17.3. The number of phenols is 4. The van der Waals surface area contributed by atoms with E-state index in [2.05, 4.69) is 0 Å². The van der Waals surface area contributed by atoms with Gasteiger partial charge in [0.15, 0.2) is 23.0 Å². The van der Waals surface area contributed by atoms with Crippen molar-refractivity contribution in [1.82, 2.24) is 0 Å². The van der Waals surface area contributed by atoms with Gasteiger partial charge >= 0.3 is 0 Å². The number of Topliss-reactive ketones (excluding diaryl/α,β-unsaturated/α-hetero) is 1. The van der Waals surface area contributed by atoms with Crippen molar-refractivity contribution in [3.8, 4) is 23.0 Å². The number of hydrogen-bond acceptors (Lipinski definition) is 6. The molecule has 24 heavy (non-hydrogen) atoms. The summed E-state index contributed by atoms with van der Waals surface area (Å²) in [5, 5.41) is 38.6. The summed E-state index contributed by atoms with van der Waals surface area (Å²) >= 11 is 0. The van der Waals surface area contributed by atoms with Crippen molar-refractivity contribution >= 4 is 12.1 Å². The summed E-state index contributed by atoms with van der Waals surface area (Å²) in [7, 11) is 0. The lowest BCUT2D eigenvalue weighted by molar-refractivity contribution is -0.120. The van der Waals surface area contributed by atoms with Crippen LogP contribution in [0, 0.1) is 5.92 Å². The number of aromatic hydroxyl groups is 4.